The fourth-order valence-corrected chi connectivity index (χ4v) is 2.12. The van der Waals surface area contributed by atoms with E-state index < -0.39 is 0 Å². The molecule has 0 radical (unpaired) electrons. The van der Waals surface area contributed by atoms with Crippen molar-refractivity contribution < 1.29 is 5.11 Å². The lowest BCUT2D eigenvalue weighted by Crippen LogP contribution is -2.24. The SMILES string of the molecule is OCC1CC(c2cccc(Cl)c2)C1. The highest BCUT2D eigenvalue weighted by molar-refractivity contribution is 6.30. The van der Waals surface area contributed by atoms with Crippen molar-refractivity contribution in [3.05, 3.63) is 34.9 Å². The molecule has 2 rings (SSSR count). The van der Waals surface area contributed by atoms with E-state index in [0.29, 0.717) is 18.4 Å². The number of aliphatic hydroxyl groups is 1. The Kier molecular flexibility index (Phi) is 2.56. The molecule has 1 aromatic carbocycles. The van der Waals surface area contributed by atoms with Crippen LogP contribution in [-0.2, 0) is 0 Å². The van der Waals surface area contributed by atoms with E-state index in [-0.39, 0.29) is 0 Å². The third-order valence-electron chi connectivity index (χ3n) is 2.81. The minimum Gasteiger partial charge on any atom is -0.396 e. The molecule has 1 saturated carbocycles. The molecule has 13 heavy (non-hydrogen) atoms. The Hall–Kier alpha value is -0.530. The Morgan fingerprint density at radius 1 is 1.38 bits per heavy atom. The average Bonchev–Trinajstić information content (AvgIpc) is 2.02. The molecule has 0 amide bonds. The predicted octanol–water partition coefficient (Wildman–Crippen LogP) is 2.83. The van der Waals surface area contributed by atoms with Crippen LogP contribution >= 0.6 is 11.6 Å². The van der Waals surface area contributed by atoms with Crippen molar-refractivity contribution in [2.75, 3.05) is 6.61 Å². The van der Waals surface area contributed by atoms with E-state index in [2.05, 4.69) is 6.07 Å². The first kappa shape index (κ1) is 9.04. The zero-order valence-corrected chi connectivity index (χ0v) is 8.17. The summed E-state index contributed by atoms with van der Waals surface area (Å²) in [6, 6.07) is 8.03. The fourth-order valence-electron chi connectivity index (χ4n) is 1.92. The maximum absolute atomic E-state index is 8.88. The third-order valence-corrected chi connectivity index (χ3v) is 3.05. The Bertz CT molecular complexity index is 292. The van der Waals surface area contributed by atoms with Crippen LogP contribution in [0.3, 0.4) is 0 Å². The van der Waals surface area contributed by atoms with Gasteiger partial charge >= 0.3 is 0 Å². The Morgan fingerprint density at radius 2 is 2.15 bits per heavy atom. The predicted molar refractivity (Wildman–Crippen MR) is 54.0 cm³/mol. The van der Waals surface area contributed by atoms with Gasteiger partial charge in [-0.1, -0.05) is 23.7 Å². The van der Waals surface area contributed by atoms with E-state index in [1.165, 1.54) is 5.56 Å². The van der Waals surface area contributed by atoms with E-state index in [4.69, 9.17) is 16.7 Å². The van der Waals surface area contributed by atoms with Crippen molar-refractivity contribution in [3.8, 4) is 0 Å². The minimum absolute atomic E-state index is 0.330. The lowest BCUT2D eigenvalue weighted by molar-refractivity contribution is 0.142. The molecule has 0 atom stereocenters. The molecule has 0 unspecified atom stereocenters. The molecule has 0 heterocycles. The highest BCUT2D eigenvalue weighted by atomic mass is 35.5. The second-order valence-corrected chi connectivity index (χ2v) is 4.21. The van der Waals surface area contributed by atoms with Gasteiger partial charge in [0.25, 0.3) is 0 Å². The van der Waals surface area contributed by atoms with Crippen LogP contribution in [0, 0.1) is 5.92 Å². The number of rotatable bonds is 2. The molecule has 2 heteroatoms. The fraction of sp³-hybridized carbons (Fsp3) is 0.455. The van der Waals surface area contributed by atoms with Crippen molar-refractivity contribution in [2.24, 2.45) is 5.92 Å². The molecule has 0 aromatic heterocycles. The Morgan fingerprint density at radius 3 is 2.77 bits per heavy atom. The van der Waals surface area contributed by atoms with Crippen LogP contribution in [0.5, 0.6) is 0 Å². The van der Waals surface area contributed by atoms with Gasteiger partial charge in [-0.05, 0) is 42.4 Å². The summed E-state index contributed by atoms with van der Waals surface area (Å²) in [5.41, 5.74) is 1.32. The van der Waals surface area contributed by atoms with E-state index in [1.54, 1.807) is 0 Å². The molecule has 1 N–H and O–H groups in total. The highest BCUT2D eigenvalue weighted by Crippen LogP contribution is 2.41. The molecule has 0 saturated heterocycles. The lowest BCUT2D eigenvalue weighted by Gasteiger charge is -2.34. The van der Waals surface area contributed by atoms with Crippen LogP contribution in [0.2, 0.25) is 5.02 Å². The number of hydrogen-bond acceptors (Lipinski definition) is 1. The number of hydrogen-bond donors (Lipinski definition) is 1. The molecule has 0 aliphatic heterocycles. The Balaban J connectivity index is 2.03. The third kappa shape index (κ3) is 1.87. The molecule has 0 bridgehead atoms. The van der Waals surface area contributed by atoms with E-state index in [9.17, 15) is 0 Å². The van der Waals surface area contributed by atoms with Crippen molar-refractivity contribution in [3.63, 3.8) is 0 Å². The first-order valence-electron chi connectivity index (χ1n) is 4.66. The highest BCUT2D eigenvalue weighted by Gasteiger charge is 2.29. The molecule has 1 aromatic rings. The average molecular weight is 197 g/mol. The number of aliphatic hydroxyl groups excluding tert-OH is 1. The second kappa shape index (κ2) is 3.69. The van der Waals surface area contributed by atoms with Gasteiger partial charge in [0.15, 0.2) is 0 Å². The van der Waals surface area contributed by atoms with Gasteiger partial charge in [-0.2, -0.15) is 0 Å². The molecular formula is C11H13ClO. The number of benzene rings is 1. The summed E-state index contributed by atoms with van der Waals surface area (Å²) in [7, 11) is 0. The van der Waals surface area contributed by atoms with Crippen LogP contribution < -0.4 is 0 Å². The summed E-state index contributed by atoms with van der Waals surface area (Å²) in [6.45, 7) is 0.330. The largest absolute Gasteiger partial charge is 0.396 e. The van der Waals surface area contributed by atoms with Crippen LogP contribution in [0.1, 0.15) is 24.3 Å². The summed E-state index contributed by atoms with van der Waals surface area (Å²) < 4.78 is 0. The first-order valence-corrected chi connectivity index (χ1v) is 5.03. The monoisotopic (exact) mass is 196 g/mol. The summed E-state index contributed by atoms with van der Waals surface area (Å²) >= 11 is 5.89. The van der Waals surface area contributed by atoms with Crippen LogP contribution in [0.25, 0.3) is 0 Å². The van der Waals surface area contributed by atoms with E-state index in [1.807, 2.05) is 18.2 Å². The molecular weight excluding hydrogens is 184 g/mol. The molecule has 1 fully saturated rings. The first-order chi connectivity index (χ1) is 6.29. The van der Waals surface area contributed by atoms with Crippen molar-refractivity contribution in [2.45, 2.75) is 18.8 Å². The van der Waals surface area contributed by atoms with Crippen molar-refractivity contribution >= 4 is 11.6 Å². The standard InChI is InChI=1S/C11H13ClO/c12-11-3-1-2-9(6-11)10-4-8(5-10)7-13/h1-3,6,8,10,13H,4-5,7H2. The summed E-state index contributed by atoms with van der Waals surface area (Å²) in [5, 5.41) is 9.69. The zero-order chi connectivity index (χ0) is 9.26. The Labute approximate surface area is 83.3 Å². The van der Waals surface area contributed by atoms with Gasteiger partial charge in [-0.3, -0.25) is 0 Å². The van der Waals surface area contributed by atoms with Gasteiger partial charge in [0, 0.05) is 11.6 Å². The van der Waals surface area contributed by atoms with Gasteiger partial charge < -0.3 is 5.11 Å². The lowest BCUT2D eigenvalue weighted by atomic mass is 9.72. The van der Waals surface area contributed by atoms with Crippen molar-refractivity contribution in [1.29, 1.82) is 0 Å². The summed E-state index contributed by atoms with van der Waals surface area (Å²) in [4.78, 5) is 0. The van der Waals surface area contributed by atoms with Crippen LogP contribution in [0.15, 0.2) is 24.3 Å². The maximum Gasteiger partial charge on any atom is 0.0459 e. The van der Waals surface area contributed by atoms with Crippen LogP contribution in [0.4, 0.5) is 0 Å². The zero-order valence-electron chi connectivity index (χ0n) is 7.41. The van der Waals surface area contributed by atoms with Gasteiger partial charge in [-0.25, -0.2) is 0 Å². The van der Waals surface area contributed by atoms with Gasteiger partial charge in [0.2, 0.25) is 0 Å². The maximum atomic E-state index is 8.88. The molecule has 1 aliphatic carbocycles. The smallest absolute Gasteiger partial charge is 0.0459 e. The minimum atomic E-state index is 0.330. The quantitative estimate of drug-likeness (QED) is 0.772. The van der Waals surface area contributed by atoms with Crippen molar-refractivity contribution in [1.82, 2.24) is 0 Å². The van der Waals surface area contributed by atoms with Crippen LogP contribution in [-0.4, -0.2) is 11.7 Å². The van der Waals surface area contributed by atoms with Gasteiger partial charge in [0.05, 0.1) is 0 Å². The molecule has 70 valence electrons. The normalized spacial score (nSPS) is 26.9. The molecule has 0 spiro atoms. The summed E-state index contributed by atoms with van der Waals surface area (Å²) in [6.07, 6.45) is 2.22. The summed E-state index contributed by atoms with van der Waals surface area (Å²) in [5.74, 6) is 1.14. The topological polar surface area (TPSA) is 20.2 Å². The molecule has 1 nitrogen and oxygen atoms in total. The van der Waals surface area contributed by atoms with Gasteiger partial charge in [0.1, 0.15) is 0 Å². The second-order valence-electron chi connectivity index (χ2n) is 3.77. The number of halogens is 1. The molecule has 1 aliphatic rings. The van der Waals surface area contributed by atoms with E-state index in [0.717, 1.165) is 17.9 Å². The van der Waals surface area contributed by atoms with Gasteiger partial charge in [-0.15, -0.1) is 0 Å². The van der Waals surface area contributed by atoms with E-state index >= 15 is 0 Å².